The molecule has 0 aliphatic rings. The molecule has 19 heavy (non-hydrogen) atoms. The van der Waals surface area contributed by atoms with Gasteiger partial charge in [0.1, 0.15) is 17.3 Å². The van der Waals surface area contributed by atoms with Gasteiger partial charge < -0.3 is 14.6 Å². The molecule has 0 unspecified atom stereocenters. The number of ketones is 1. The van der Waals surface area contributed by atoms with Gasteiger partial charge in [-0.25, -0.2) is 0 Å². The van der Waals surface area contributed by atoms with Gasteiger partial charge in [-0.2, -0.15) is 0 Å². The highest BCUT2D eigenvalue weighted by Gasteiger charge is 2.18. The molecule has 1 rings (SSSR count). The summed E-state index contributed by atoms with van der Waals surface area (Å²) in [6, 6.07) is 3.59. The van der Waals surface area contributed by atoms with Crippen molar-refractivity contribution in [2.45, 2.75) is 59.5 Å². The number of aromatic hydroxyl groups is 1. The molecule has 3 heteroatoms. The molecule has 0 atom stereocenters. The van der Waals surface area contributed by atoms with Gasteiger partial charge in [-0.05, 0) is 44.7 Å². The van der Waals surface area contributed by atoms with Crippen LogP contribution >= 0.6 is 0 Å². The van der Waals surface area contributed by atoms with E-state index in [0.717, 1.165) is 16.9 Å². The third-order valence-electron chi connectivity index (χ3n) is 2.97. The van der Waals surface area contributed by atoms with Crippen LogP contribution in [-0.4, -0.2) is 17.0 Å². The molecular weight excluding hydrogens is 240 g/mol. The Hall–Kier alpha value is -1.51. The monoisotopic (exact) mass is 264 g/mol. The zero-order chi connectivity index (χ0) is 14.6. The van der Waals surface area contributed by atoms with Crippen LogP contribution in [0.1, 0.15) is 58.1 Å². The fourth-order valence-corrected chi connectivity index (χ4v) is 2.01. The first-order valence-corrected chi connectivity index (χ1v) is 6.83. The van der Waals surface area contributed by atoms with Gasteiger partial charge in [0.25, 0.3) is 0 Å². The Balaban J connectivity index is 3.22. The molecule has 0 spiro atoms. The third kappa shape index (κ3) is 4.27. The number of hydrogen-bond acceptors (Lipinski definition) is 3. The molecule has 0 bridgehead atoms. The first-order chi connectivity index (χ1) is 8.82. The van der Waals surface area contributed by atoms with Crippen LogP contribution in [0.2, 0.25) is 0 Å². The summed E-state index contributed by atoms with van der Waals surface area (Å²) in [6.45, 7) is 9.67. The quantitative estimate of drug-likeness (QED) is 0.849. The predicted molar refractivity (Wildman–Crippen MR) is 77.0 cm³/mol. The second-order valence-corrected chi connectivity index (χ2v) is 5.50. The molecule has 0 radical (unpaired) electrons. The van der Waals surface area contributed by atoms with Crippen molar-refractivity contribution >= 4 is 5.78 Å². The molecule has 0 fully saturated rings. The summed E-state index contributed by atoms with van der Waals surface area (Å²) in [4.78, 5) is 11.2. The Labute approximate surface area is 115 Å². The zero-order valence-electron chi connectivity index (χ0n) is 12.5. The van der Waals surface area contributed by atoms with Crippen molar-refractivity contribution in [1.29, 1.82) is 0 Å². The largest absolute Gasteiger partial charge is 0.508 e. The third-order valence-corrected chi connectivity index (χ3v) is 2.97. The fourth-order valence-electron chi connectivity index (χ4n) is 2.01. The average Bonchev–Trinajstić information content (AvgIpc) is 2.26. The molecular formula is C16H24O3. The lowest BCUT2D eigenvalue weighted by Crippen LogP contribution is -2.11. The fraction of sp³-hybridized carbons (Fsp3) is 0.562. The van der Waals surface area contributed by atoms with Gasteiger partial charge in [0.15, 0.2) is 0 Å². The maximum absolute atomic E-state index is 11.2. The van der Waals surface area contributed by atoms with E-state index in [1.54, 1.807) is 13.0 Å². The van der Waals surface area contributed by atoms with E-state index in [2.05, 4.69) is 13.8 Å². The standard InChI is InChI=1S/C16H24O3/c1-10(2)13-8-9-15(18)14(7-6-12(5)17)16(13)19-11(3)4/h8-11,18H,6-7H2,1-5H3. The van der Waals surface area contributed by atoms with Crippen LogP contribution in [0, 0.1) is 0 Å². The predicted octanol–water partition coefficient (Wildman–Crippen LogP) is 3.82. The molecule has 1 N–H and O–H groups in total. The Bertz CT molecular complexity index is 448. The summed E-state index contributed by atoms with van der Waals surface area (Å²) in [5, 5.41) is 10.0. The number of rotatable bonds is 6. The minimum Gasteiger partial charge on any atom is -0.508 e. The first kappa shape index (κ1) is 15.5. The lowest BCUT2D eigenvalue weighted by atomic mass is 9.95. The number of phenols is 1. The van der Waals surface area contributed by atoms with Crippen LogP contribution in [0.5, 0.6) is 11.5 Å². The van der Waals surface area contributed by atoms with Crippen molar-refractivity contribution in [2.24, 2.45) is 0 Å². The molecule has 0 amide bonds. The summed E-state index contributed by atoms with van der Waals surface area (Å²) in [6.07, 6.45) is 0.975. The molecule has 0 aliphatic carbocycles. The van der Waals surface area contributed by atoms with E-state index >= 15 is 0 Å². The number of benzene rings is 1. The summed E-state index contributed by atoms with van der Waals surface area (Å²) < 4.78 is 5.88. The number of carbonyl (C=O) groups excluding carboxylic acids is 1. The Morgan fingerprint density at radius 3 is 2.37 bits per heavy atom. The van der Waals surface area contributed by atoms with Gasteiger partial charge in [-0.1, -0.05) is 19.9 Å². The Morgan fingerprint density at radius 2 is 1.89 bits per heavy atom. The van der Waals surface area contributed by atoms with Crippen LogP contribution in [0.15, 0.2) is 12.1 Å². The van der Waals surface area contributed by atoms with Crippen molar-refractivity contribution in [3.63, 3.8) is 0 Å². The number of hydrogen-bond donors (Lipinski definition) is 1. The SMILES string of the molecule is CC(=O)CCc1c(O)ccc(C(C)C)c1OC(C)C. The Morgan fingerprint density at radius 1 is 1.26 bits per heavy atom. The second kappa shape index (κ2) is 6.60. The van der Waals surface area contributed by atoms with E-state index in [-0.39, 0.29) is 17.6 Å². The molecule has 1 aromatic rings. The number of Topliss-reactive ketones (excluding diaryl/α,β-unsaturated/α-hetero) is 1. The minimum absolute atomic E-state index is 0.0374. The normalized spacial score (nSPS) is 11.1. The van der Waals surface area contributed by atoms with E-state index in [0.29, 0.717) is 18.8 Å². The summed E-state index contributed by atoms with van der Waals surface area (Å²) in [7, 11) is 0. The van der Waals surface area contributed by atoms with E-state index in [9.17, 15) is 9.90 Å². The number of phenolic OH excluding ortho intramolecular Hbond substituents is 1. The first-order valence-electron chi connectivity index (χ1n) is 6.83. The highest BCUT2D eigenvalue weighted by molar-refractivity contribution is 5.76. The van der Waals surface area contributed by atoms with Gasteiger partial charge in [-0.15, -0.1) is 0 Å². The smallest absolute Gasteiger partial charge is 0.130 e. The molecule has 0 saturated heterocycles. The topological polar surface area (TPSA) is 46.5 Å². The van der Waals surface area contributed by atoms with Crippen molar-refractivity contribution in [2.75, 3.05) is 0 Å². The lowest BCUT2D eigenvalue weighted by Gasteiger charge is -2.21. The number of carbonyl (C=O) groups is 1. The van der Waals surface area contributed by atoms with Crippen LogP contribution in [-0.2, 0) is 11.2 Å². The van der Waals surface area contributed by atoms with Crippen molar-refractivity contribution in [3.8, 4) is 11.5 Å². The van der Waals surface area contributed by atoms with Crippen molar-refractivity contribution < 1.29 is 14.6 Å². The van der Waals surface area contributed by atoms with E-state index in [4.69, 9.17) is 4.74 Å². The van der Waals surface area contributed by atoms with E-state index in [1.807, 2.05) is 19.9 Å². The molecule has 0 aliphatic heterocycles. The maximum Gasteiger partial charge on any atom is 0.130 e. The molecule has 0 heterocycles. The average molecular weight is 264 g/mol. The van der Waals surface area contributed by atoms with Crippen LogP contribution < -0.4 is 4.74 Å². The summed E-state index contributed by atoms with van der Waals surface area (Å²) in [5.74, 6) is 1.38. The maximum atomic E-state index is 11.2. The lowest BCUT2D eigenvalue weighted by molar-refractivity contribution is -0.116. The zero-order valence-corrected chi connectivity index (χ0v) is 12.5. The van der Waals surface area contributed by atoms with Gasteiger partial charge >= 0.3 is 0 Å². The Kier molecular flexibility index (Phi) is 5.40. The van der Waals surface area contributed by atoms with Crippen molar-refractivity contribution in [1.82, 2.24) is 0 Å². The van der Waals surface area contributed by atoms with Gasteiger partial charge in [0, 0.05) is 12.0 Å². The highest BCUT2D eigenvalue weighted by atomic mass is 16.5. The molecule has 3 nitrogen and oxygen atoms in total. The van der Waals surface area contributed by atoms with Crippen LogP contribution in [0.4, 0.5) is 0 Å². The molecule has 0 aromatic heterocycles. The summed E-state index contributed by atoms with van der Waals surface area (Å²) in [5.41, 5.74) is 1.82. The summed E-state index contributed by atoms with van der Waals surface area (Å²) >= 11 is 0. The van der Waals surface area contributed by atoms with Gasteiger partial charge in [-0.3, -0.25) is 0 Å². The van der Waals surface area contributed by atoms with Crippen molar-refractivity contribution in [3.05, 3.63) is 23.3 Å². The molecule has 0 saturated carbocycles. The highest BCUT2D eigenvalue weighted by Crippen LogP contribution is 2.37. The van der Waals surface area contributed by atoms with E-state index in [1.165, 1.54) is 0 Å². The number of ether oxygens (including phenoxy) is 1. The van der Waals surface area contributed by atoms with Crippen LogP contribution in [0.25, 0.3) is 0 Å². The second-order valence-electron chi connectivity index (χ2n) is 5.50. The van der Waals surface area contributed by atoms with E-state index < -0.39 is 0 Å². The molecule has 1 aromatic carbocycles. The van der Waals surface area contributed by atoms with Gasteiger partial charge in [0.05, 0.1) is 6.10 Å². The van der Waals surface area contributed by atoms with Crippen LogP contribution in [0.3, 0.4) is 0 Å². The molecule has 106 valence electrons. The van der Waals surface area contributed by atoms with Gasteiger partial charge in [0.2, 0.25) is 0 Å². The minimum atomic E-state index is 0.0374.